The molecule has 1 saturated heterocycles. The summed E-state index contributed by atoms with van der Waals surface area (Å²) < 4.78 is 10.9. The molecule has 1 fully saturated rings. The smallest absolute Gasteiger partial charge is 0.354 e. The zero-order valence-electron chi connectivity index (χ0n) is 25.6. The number of anilines is 1. The van der Waals surface area contributed by atoms with Crippen molar-refractivity contribution < 1.29 is 84.5 Å². The predicted molar refractivity (Wildman–Crippen MR) is 160 cm³/mol. The first kappa shape index (κ1) is 36.9. The van der Waals surface area contributed by atoms with Gasteiger partial charge in [0.1, 0.15) is 42.3 Å². The molecule has 0 saturated carbocycles. The number of nitrogens with zero attached hydrogens (tertiary/aromatic N) is 2. The van der Waals surface area contributed by atoms with Gasteiger partial charge in [-0.05, 0) is 36.3 Å². The van der Waals surface area contributed by atoms with Crippen LogP contribution in [0.3, 0.4) is 0 Å². The molecule has 1 aromatic carbocycles. The number of carbonyl (C=O) groups excluding carboxylic acids is 1. The lowest BCUT2D eigenvalue weighted by Crippen LogP contribution is -2.63. The highest BCUT2D eigenvalue weighted by molar-refractivity contribution is 6.41. The number of ketones is 1. The number of aromatic hydroxyl groups is 1. The van der Waals surface area contributed by atoms with Gasteiger partial charge in [0.05, 0.1) is 12.0 Å². The summed E-state index contributed by atoms with van der Waals surface area (Å²) in [5.74, 6) is -7.78. The first-order valence-electron chi connectivity index (χ1n) is 14.6. The number of dihydropyridines is 1. The van der Waals surface area contributed by atoms with Gasteiger partial charge in [0, 0.05) is 37.2 Å². The fraction of sp³-hybridized carbons (Fsp3) is 0.467. The van der Waals surface area contributed by atoms with E-state index in [1.54, 1.807) is 0 Å². The molecule has 19 nitrogen and oxygen atoms in total. The van der Waals surface area contributed by atoms with Crippen LogP contribution >= 0.6 is 0 Å². The summed E-state index contributed by atoms with van der Waals surface area (Å²) >= 11 is 0. The van der Waals surface area contributed by atoms with Gasteiger partial charge in [0.15, 0.2) is 23.3 Å². The molecule has 1 aromatic rings. The van der Waals surface area contributed by atoms with Crippen LogP contribution in [0.5, 0.6) is 11.5 Å². The molecule has 0 bridgehead atoms. The van der Waals surface area contributed by atoms with Crippen LogP contribution in [0.1, 0.15) is 31.7 Å². The first-order chi connectivity index (χ1) is 22.8. The lowest BCUT2D eigenvalue weighted by Gasteiger charge is -2.41. The van der Waals surface area contributed by atoms with Crippen molar-refractivity contribution in [1.29, 1.82) is 0 Å². The van der Waals surface area contributed by atoms with Gasteiger partial charge in [-0.25, -0.2) is 14.4 Å². The minimum atomic E-state index is -2.24. The summed E-state index contributed by atoms with van der Waals surface area (Å²) in [6.07, 6.45) is -10.7. The van der Waals surface area contributed by atoms with Crippen molar-refractivity contribution in [3.05, 3.63) is 41.6 Å². The van der Waals surface area contributed by atoms with Gasteiger partial charge in [0.25, 0.3) is 0 Å². The lowest BCUT2D eigenvalue weighted by molar-refractivity contribution is -0.285. The number of carboxylic acid groups (broad SMARTS) is 4. The van der Waals surface area contributed by atoms with E-state index in [0.29, 0.717) is 0 Å². The predicted octanol–water partition coefficient (Wildman–Crippen LogP) is -2.24. The molecule has 19 heteroatoms. The summed E-state index contributed by atoms with van der Waals surface area (Å²) in [5, 5.41) is 100. The van der Waals surface area contributed by atoms with E-state index in [4.69, 9.17) is 14.6 Å². The molecule has 2 unspecified atom stereocenters. The molecular formula is C30H34N2O17. The Kier molecular flexibility index (Phi) is 10.8. The van der Waals surface area contributed by atoms with Crippen molar-refractivity contribution >= 4 is 41.1 Å². The standard InChI is InChI=1S/C30H34N2O17/c1-30(47,10-20(35)36)9-18(34)21(37)25-23(39)22(38)24(40)29(49-25)48-19-7-12-6-16(28(45)46)32(15(12)8-17(19)33)3-2-11-4-13(26(41)42)31-14(5-11)27(43)44/h2-4,7-8,14,16,21-25,29,33,37-40,47H,5-6,9-10H2,1H3,(H,35,36)(H,41,42)(H,43,44)(H,45,46)/b3-2+/t14-,16+,21?,22-,23-,24+,25+,29+,30?/m0/s1. The second kappa shape index (κ2) is 14.3. The molecule has 3 aliphatic heterocycles. The number of ether oxygens (including phenoxy) is 2. The van der Waals surface area contributed by atoms with Crippen LogP contribution < -0.4 is 9.64 Å². The van der Waals surface area contributed by atoms with E-state index in [2.05, 4.69) is 4.99 Å². The zero-order chi connectivity index (χ0) is 36.5. The van der Waals surface area contributed by atoms with Crippen molar-refractivity contribution in [2.75, 3.05) is 4.90 Å². The summed E-state index contributed by atoms with van der Waals surface area (Å²) in [6, 6.07) is -0.358. The van der Waals surface area contributed by atoms with Gasteiger partial charge in [-0.2, -0.15) is 0 Å². The number of carboxylic acids is 4. The SMILES string of the molecule is CC(O)(CC(=O)O)CC(=O)C(O)[C@H]1O[C@@H](Oc2cc3c(cc2O)N(/C=C/C2=CC(C(=O)O)=N[C@H](C(=O)O)C2)[C@@H](C(=O)O)C3)[C@H](O)[C@@H](O)[C@@H]1O. The van der Waals surface area contributed by atoms with Gasteiger partial charge in [-0.3, -0.25) is 14.6 Å². The number of aliphatic hydroxyl groups is 5. The van der Waals surface area contributed by atoms with Crippen molar-refractivity contribution in [3.8, 4) is 11.5 Å². The Hall–Kier alpha value is -4.92. The highest BCUT2D eigenvalue weighted by atomic mass is 16.7. The number of aliphatic imine (C=N–C) groups is 1. The third-order valence-electron chi connectivity index (χ3n) is 8.05. The highest BCUT2D eigenvalue weighted by Crippen LogP contribution is 2.42. The van der Waals surface area contributed by atoms with Crippen molar-refractivity contribution in [3.63, 3.8) is 0 Å². The fourth-order valence-corrected chi connectivity index (χ4v) is 5.63. The Balaban J connectivity index is 1.57. The molecule has 3 heterocycles. The van der Waals surface area contributed by atoms with E-state index in [0.717, 1.165) is 19.1 Å². The number of rotatable bonds is 13. The molecular weight excluding hydrogens is 660 g/mol. The minimum absolute atomic E-state index is 0.152. The number of carbonyl (C=O) groups is 5. The van der Waals surface area contributed by atoms with Crippen LogP contribution in [0.4, 0.5) is 5.69 Å². The van der Waals surface area contributed by atoms with E-state index >= 15 is 0 Å². The molecule has 3 aliphatic rings. The quantitative estimate of drug-likeness (QED) is 0.104. The Bertz CT molecular complexity index is 1620. The monoisotopic (exact) mass is 694 g/mol. The van der Waals surface area contributed by atoms with E-state index < -0.39 is 114 Å². The van der Waals surface area contributed by atoms with E-state index in [9.17, 15) is 69.9 Å². The number of fused-ring (bicyclic) bond motifs is 1. The molecule has 0 aromatic heterocycles. The molecule has 4 rings (SSSR count). The van der Waals surface area contributed by atoms with Gasteiger partial charge in [-0.1, -0.05) is 0 Å². The molecule has 9 atom stereocenters. The van der Waals surface area contributed by atoms with Crippen molar-refractivity contribution in [1.82, 2.24) is 0 Å². The summed E-state index contributed by atoms with van der Waals surface area (Å²) in [6.45, 7) is 1.03. The molecule has 266 valence electrons. The number of aliphatic hydroxyl groups excluding tert-OH is 4. The van der Waals surface area contributed by atoms with Gasteiger partial charge < -0.3 is 65.4 Å². The summed E-state index contributed by atoms with van der Waals surface area (Å²) in [7, 11) is 0. The van der Waals surface area contributed by atoms with E-state index in [-0.39, 0.29) is 29.7 Å². The normalized spacial score (nSPS) is 28.5. The second-order valence-corrected chi connectivity index (χ2v) is 12.0. The number of allylic oxidation sites excluding steroid dienone is 1. The first-order valence-corrected chi connectivity index (χ1v) is 14.6. The number of phenols is 1. The topological polar surface area (TPSA) is 322 Å². The van der Waals surface area contributed by atoms with E-state index in [1.807, 2.05) is 0 Å². The van der Waals surface area contributed by atoms with Crippen molar-refractivity contribution in [2.24, 2.45) is 4.99 Å². The van der Waals surface area contributed by atoms with Crippen LogP contribution in [0, 0.1) is 0 Å². The Morgan fingerprint density at radius 3 is 2.29 bits per heavy atom. The minimum Gasteiger partial charge on any atom is -0.504 e. The number of Topliss-reactive ketones (excluding diaryl/α,β-unsaturated/α-hetero) is 1. The maximum atomic E-state index is 12.6. The third kappa shape index (κ3) is 8.21. The van der Waals surface area contributed by atoms with Crippen LogP contribution in [0.25, 0.3) is 0 Å². The third-order valence-corrected chi connectivity index (χ3v) is 8.05. The average molecular weight is 695 g/mol. The fourth-order valence-electron chi connectivity index (χ4n) is 5.63. The molecule has 49 heavy (non-hydrogen) atoms. The van der Waals surface area contributed by atoms with Crippen LogP contribution in [-0.2, 0) is 35.1 Å². The largest absolute Gasteiger partial charge is 0.504 e. The number of aliphatic carboxylic acids is 4. The Labute approximate surface area is 275 Å². The van der Waals surface area contributed by atoms with Gasteiger partial charge in [-0.15, -0.1) is 0 Å². The molecule has 0 spiro atoms. The molecule has 0 aliphatic carbocycles. The Morgan fingerprint density at radius 2 is 1.69 bits per heavy atom. The zero-order valence-corrected chi connectivity index (χ0v) is 25.6. The molecule has 0 radical (unpaired) electrons. The second-order valence-electron chi connectivity index (χ2n) is 12.0. The molecule has 0 amide bonds. The van der Waals surface area contributed by atoms with Crippen LogP contribution in [0.2, 0.25) is 0 Å². The highest BCUT2D eigenvalue weighted by Gasteiger charge is 2.50. The summed E-state index contributed by atoms with van der Waals surface area (Å²) in [4.78, 5) is 63.6. The number of benzene rings is 1. The van der Waals surface area contributed by atoms with Crippen molar-refractivity contribution in [2.45, 2.75) is 87.1 Å². The van der Waals surface area contributed by atoms with Crippen LogP contribution in [0.15, 0.2) is 41.1 Å². The molecule has 10 N–H and O–H groups in total. The lowest BCUT2D eigenvalue weighted by atomic mass is 9.88. The van der Waals surface area contributed by atoms with Gasteiger partial charge >= 0.3 is 23.9 Å². The maximum Gasteiger partial charge on any atom is 0.354 e. The Morgan fingerprint density at radius 1 is 1.02 bits per heavy atom. The van der Waals surface area contributed by atoms with Gasteiger partial charge in [0.2, 0.25) is 6.29 Å². The van der Waals surface area contributed by atoms with Crippen LogP contribution in [-0.4, -0.2) is 141 Å². The number of hydrogen-bond acceptors (Lipinski definition) is 15. The maximum absolute atomic E-state index is 12.6. The van der Waals surface area contributed by atoms with E-state index in [1.165, 1.54) is 23.2 Å². The summed E-state index contributed by atoms with van der Waals surface area (Å²) in [5.41, 5.74) is -1.96. The average Bonchev–Trinajstić information content (AvgIpc) is 3.36. The number of phenolic OH excluding ortho intramolecular Hbond substituents is 1. The number of hydrogen-bond donors (Lipinski definition) is 10.